The number of aliphatic carboxylic acids is 1. The smallest absolute Gasteiger partial charge is 0.341 e. The third-order valence-electron chi connectivity index (χ3n) is 5.98. The number of rotatable bonds is 7. The lowest BCUT2D eigenvalue weighted by Crippen LogP contribution is -2.11. The number of primary amides is 1. The van der Waals surface area contributed by atoms with Gasteiger partial charge in [0.05, 0.1) is 16.4 Å². The second kappa shape index (κ2) is 9.68. The summed E-state index contributed by atoms with van der Waals surface area (Å²) in [6.07, 6.45) is 0. The van der Waals surface area contributed by atoms with E-state index in [4.69, 9.17) is 22.1 Å². The zero-order valence-electron chi connectivity index (χ0n) is 18.9. The Morgan fingerprint density at radius 2 is 1.67 bits per heavy atom. The molecule has 0 atom stereocenters. The van der Waals surface area contributed by atoms with Crippen molar-refractivity contribution in [1.29, 1.82) is 0 Å². The minimum Gasteiger partial charge on any atom is -0.481 e. The van der Waals surface area contributed by atoms with Crippen LogP contribution in [0.5, 0.6) is 5.75 Å². The summed E-state index contributed by atoms with van der Waals surface area (Å²) < 4.78 is 8.83. The van der Waals surface area contributed by atoms with Gasteiger partial charge in [-0.15, -0.1) is 0 Å². The van der Waals surface area contributed by atoms with Gasteiger partial charge in [0.15, 0.2) is 6.61 Å². The second-order valence-electron chi connectivity index (χ2n) is 8.34. The number of carboxylic acid groups (broad SMARTS) is 1. The molecule has 4 aromatic carbocycles. The number of carboxylic acids is 1. The highest BCUT2D eigenvalue weighted by Crippen LogP contribution is 2.41. The van der Waals surface area contributed by atoms with Crippen LogP contribution in [0.2, 0.25) is 5.02 Å². The van der Waals surface area contributed by atoms with E-state index in [1.165, 1.54) is 0 Å². The van der Waals surface area contributed by atoms with Gasteiger partial charge in [0.1, 0.15) is 5.75 Å². The molecule has 36 heavy (non-hydrogen) atoms. The van der Waals surface area contributed by atoms with Gasteiger partial charge < -0.3 is 20.1 Å². The van der Waals surface area contributed by atoms with Crippen LogP contribution in [-0.4, -0.2) is 28.2 Å². The van der Waals surface area contributed by atoms with Crippen molar-refractivity contribution in [2.24, 2.45) is 5.73 Å². The van der Waals surface area contributed by atoms with E-state index in [1.807, 2.05) is 48.5 Å². The van der Waals surface area contributed by atoms with Crippen molar-refractivity contribution in [3.63, 3.8) is 0 Å². The number of aromatic nitrogens is 1. The lowest BCUT2D eigenvalue weighted by atomic mass is 10.0. The Morgan fingerprint density at radius 3 is 2.36 bits per heavy atom. The third kappa shape index (κ3) is 4.55. The molecule has 1 aromatic heterocycles. The number of ether oxygens (including phenoxy) is 1. The maximum Gasteiger partial charge on any atom is 0.341 e. The largest absolute Gasteiger partial charge is 0.481 e. The zero-order valence-corrected chi connectivity index (χ0v) is 21.2. The lowest BCUT2D eigenvalue weighted by Gasteiger charge is -2.12. The second-order valence-corrected chi connectivity index (χ2v) is 9.69. The van der Waals surface area contributed by atoms with E-state index >= 15 is 0 Å². The Bertz CT molecular complexity index is 1640. The van der Waals surface area contributed by atoms with Gasteiger partial charge in [-0.25, -0.2) is 4.79 Å². The van der Waals surface area contributed by atoms with Crippen LogP contribution in [0.15, 0.2) is 83.3 Å². The maximum absolute atomic E-state index is 12.4. The number of nitrogens with zero attached hydrogens (tertiary/aromatic N) is 1. The Labute approximate surface area is 220 Å². The van der Waals surface area contributed by atoms with Gasteiger partial charge in [0, 0.05) is 27.0 Å². The monoisotopic (exact) mass is 562 g/mol. The summed E-state index contributed by atoms with van der Waals surface area (Å²) >= 11 is 9.63. The molecule has 0 aliphatic heterocycles. The fraction of sp³-hybridized carbons (Fsp3) is 0.0714. The Kier molecular flexibility index (Phi) is 6.43. The molecule has 0 aliphatic carbocycles. The molecule has 0 saturated heterocycles. The first-order valence-corrected chi connectivity index (χ1v) is 12.2. The Balaban J connectivity index is 1.86. The van der Waals surface area contributed by atoms with Crippen LogP contribution in [0.3, 0.4) is 0 Å². The minimum atomic E-state index is -1.10. The van der Waals surface area contributed by atoms with E-state index in [-0.39, 0.29) is 0 Å². The molecule has 0 unspecified atom stereocenters. The summed E-state index contributed by atoms with van der Waals surface area (Å²) in [4.78, 5) is 23.8. The first kappa shape index (κ1) is 23.9. The number of halogens is 2. The SMILES string of the molecule is NC(=O)c1cccc2c1c1c(OCC(=O)O)cc(-c3ccc(Cl)cc3)cc1n2Cc1cccc(Br)c1. The third-order valence-corrected chi connectivity index (χ3v) is 6.72. The quantitative estimate of drug-likeness (QED) is 0.237. The molecule has 3 N–H and O–H groups in total. The average Bonchev–Trinajstić information content (AvgIpc) is 3.16. The molecule has 0 aliphatic rings. The van der Waals surface area contributed by atoms with Gasteiger partial charge in [-0.1, -0.05) is 57.9 Å². The maximum atomic E-state index is 12.4. The molecule has 0 fully saturated rings. The topological polar surface area (TPSA) is 94.6 Å². The first-order valence-electron chi connectivity index (χ1n) is 11.1. The highest BCUT2D eigenvalue weighted by atomic mass is 79.9. The van der Waals surface area contributed by atoms with Crippen LogP contribution in [-0.2, 0) is 11.3 Å². The van der Waals surface area contributed by atoms with E-state index in [1.54, 1.807) is 30.3 Å². The number of nitrogens with two attached hydrogens (primary N) is 1. The summed E-state index contributed by atoms with van der Waals surface area (Å²) in [7, 11) is 0. The van der Waals surface area contributed by atoms with Crippen molar-refractivity contribution in [2.45, 2.75) is 6.54 Å². The van der Waals surface area contributed by atoms with Crippen LogP contribution in [0.25, 0.3) is 32.9 Å². The predicted octanol–water partition coefficient (Wildman–Crippen LogP) is 6.49. The zero-order chi connectivity index (χ0) is 25.4. The molecule has 180 valence electrons. The normalized spacial score (nSPS) is 11.2. The average molecular weight is 564 g/mol. The first-order chi connectivity index (χ1) is 17.3. The number of hydrogen-bond donors (Lipinski definition) is 2. The fourth-order valence-electron chi connectivity index (χ4n) is 4.48. The molecule has 0 spiro atoms. The van der Waals surface area contributed by atoms with Crippen molar-refractivity contribution >= 4 is 61.2 Å². The molecule has 6 nitrogen and oxygen atoms in total. The molecular weight excluding hydrogens is 544 g/mol. The van der Waals surface area contributed by atoms with Crippen LogP contribution in [0.1, 0.15) is 15.9 Å². The molecule has 0 radical (unpaired) electrons. The Morgan fingerprint density at radius 1 is 0.917 bits per heavy atom. The number of amides is 1. The lowest BCUT2D eigenvalue weighted by molar-refractivity contribution is -0.139. The molecule has 5 rings (SSSR count). The van der Waals surface area contributed by atoms with E-state index in [9.17, 15) is 14.7 Å². The van der Waals surface area contributed by atoms with Crippen LogP contribution < -0.4 is 10.5 Å². The summed E-state index contributed by atoms with van der Waals surface area (Å²) in [5.74, 6) is -1.33. The van der Waals surface area contributed by atoms with Gasteiger partial charge in [0.2, 0.25) is 5.91 Å². The van der Waals surface area contributed by atoms with E-state index in [0.717, 1.165) is 32.2 Å². The van der Waals surface area contributed by atoms with Crippen LogP contribution in [0, 0.1) is 0 Å². The Hall–Kier alpha value is -3.81. The predicted molar refractivity (Wildman–Crippen MR) is 145 cm³/mol. The summed E-state index contributed by atoms with van der Waals surface area (Å²) in [6, 6.07) is 24.5. The molecule has 1 amide bonds. The summed E-state index contributed by atoms with van der Waals surface area (Å²) in [6.45, 7) is -0.0275. The van der Waals surface area contributed by atoms with Crippen LogP contribution >= 0.6 is 27.5 Å². The van der Waals surface area contributed by atoms with Crippen molar-refractivity contribution < 1.29 is 19.4 Å². The molecule has 5 aromatic rings. The standard InChI is InChI=1S/C28H20BrClN2O4/c29-19-4-1-3-16(11-19)14-32-22-6-2-5-21(28(31)35)26(22)27-23(32)12-18(13-24(27)36-15-25(33)34)17-7-9-20(30)10-8-17/h1-13H,14-15H2,(H2,31,35)(H,33,34). The van der Waals surface area contributed by atoms with Crippen molar-refractivity contribution in [1.82, 2.24) is 4.57 Å². The molecule has 1 heterocycles. The van der Waals surface area contributed by atoms with Crippen molar-refractivity contribution in [3.05, 3.63) is 99.5 Å². The van der Waals surface area contributed by atoms with Crippen LogP contribution in [0.4, 0.5) is 0 Å². The van der Waals surface area contributed by atoms with Gasteiger partial charge >= 0.3 is 5.97 Å². The van der Waals surface area contributed by atoms with E-state index in [2.05, 4.69) is 20.5 Å². The fourth-order valence-corrected chi connectivity index (χ4v) is 5.05. The minimum absolute atomic E-state index is 0.338. The highest BCUT2D eigenvalue weighted by molar-refractivity contribution is 9.10. The van der Waals surface area contributed by atoms with E-state index < -0.39 is 18.5 Å². The number of carbonyl (C=O) groups is 2. The molecular formula is C28H20BrClN2O4. The summed E-state index contributed by atoms with van der Waals surface area (Å²) in [5, 5.41) is 11.2. The number of hydrogen-bond acceptors (Lipinski definition) is 3. The van der Waals surface area contributed by atoms with Gasteiger partial charge in [-0.2, -0.15) is 0 Å². The highest BCUT2D eigenvalue weighted by Gasteiger charge is 2.22. The molecule has 8 heteroatoms. The number of benzene rings is 4. The van der Waals surface area contributed by atoms with Gasteiger partial charge in [-0.3, -0.25) is 4.79 Å². The van der Waals surface area contributed by atoms with Gasteiger partial charge in [0.25, 0.3) is 0 Å². The van der Waals surface area contributed by atoms with Crippen molar-refractivity contribution in [3.8, 4) is 16.9 Å². The number of fused-ring (bicyclic) bond motifs is 3. The van der Waals surface area contributed by atoms with Crippen molar-refractivity contribution in [2.75, 3.05) is 6.61 Å². The molecule has 0 bridgehead atoms. The van der Waals surface area contributed by atoms with E-state index in [0.29, 0.717) is 33.7 Å². The number of carbonyl (C=O) groups excluding carboxylic acids is 1. The summed E-state index contributed by atoms with van der Waals surface area (Å²) in [5.41, 5.74) is 10.4. The van der Waals surface area contributed by atoms with Gasteiger partial charge in [-0.05, 0) is 65.2 Å². The molecule has 0 saturated carbocycles.